The molecule has 0 aliphatic rings. The molecule has 6 heteroatoms. The number of hydrogen-bond acceptors (Lipinski definition) is 5. The van der Waals surface area contributed by atoms with Gasteiger partial charge in [0.2, 0.25) is 0 Å². The van der Waals surface area contributed by atoms with Crippen LogP contribution in [0.3, 0.4) is 0 Å². The summed E-state index contributed by atoms with van der Waals surface area (Å²) in [5.41, 5.74) is 0. The van der Waals surface area contributed by atoms with Gasteiger partial charge < -0.3 is 34.3 Å². The van der Waals surface area contributed by atoms with Crippen molar-refractivity contribution in [3.8, 4) is 0 Å². The molecule has 0 rings (SSSR count). The summed E-state index contributed by atoms with van der Waals surface area (Å²) >= 11 is 0.300. The molecule has 0 spiro atoms. The van der Waals surface area contributed by atoms with Crippen molar-refractivity contribution in [1.29, 1.82) is 0 Å². The van der Waals surface area contributed by atoms with Gasteiger partial charge in [0.15, 0.2) is 0 Å². The van der Waals surface area contributed by atoms with Crippen molar-refractivity contribution in [2.24, 2.45) is 0 Å². The number of hydrogen-bond donors (Lipinski definition) is 4. The van der Waals surface area contributed by atoms with Gasteiger partial charge in [0.25, 0.3) is 0 Å². The van der Waals surface area contributed by atoms with Crippen molar-refractivity contribution in [3.05, 3.63) is 13.8 Å². The van der Waals surface area contributed by atoms with Gasteiger partial charge in [-0.2, -0.15) is 12.8 Å². The van der Waals surface area contributed by atoms with E-state index in [2.05, 4.69) is 13.8 Å². The van der Waals surface area contributed by atoms with Crippen LogP contribution < -0.4 is 0 Å². The van der Waals surface area contributed by atoms with Crippen molar-refractivity contribution >= 4 is 0 Å². The minimum atomic E-state index is 0.300. The average Bonchev–Trinajstić information content (AvgIpc) is 2.65. The summed E-state index contributed by atoms with van der Waals surface area (Å²) in [7, 11) is 0. The van der Waals surface area contributed by atoms with Gasteiger partial charge in [0, 0.05) is 26.4 Å². The molecule has 0 aliphatic carbocycles. The molecule has 0 saturated heterocycles. The van der Waals surface area contributed by atoms with Crippen molar-refractivity contribution in [2.75, 3.05) is 26.4 Å². The van der Waals surface area contributed by atoms with Crippen LogP contribution in [0.25, 0.3) is 0 Å². The Kier molecular flexibility index (Phi) is 198. The predicted octanol–water partition coefficient (Wildman–Crippen LogP) is 3.89. The van der Waals surface area contributed by atoms with E-state index in [1.54, 1.807) is 0 Å². The van der Waals surface area contributed by atoms with E-state index in [0.29, 0.717) is 51.2 Å². The summed E-state index contributed by atoms with van der Waals surface area (Å²) in [6, 6.07) is 0. The molecule has 0 radical (unpaired) electrons. The minimum absolute atomic E-state index is 0.300. The van der Waals surface area contributed by atoms with E-state index < -0.39 is 0 Å². The van der Waals surface area contributed by atoms with E-state index in [0.717, 1.165) is 38.5 Å². The van der Waals surface area contributed by atoms with Crippen LogP contribution in [-0.2, 0) is 27.5 Å². The molecule has 0 aromatic rings. The van der Waals surface area contributed by atoms with Gasteiger partial charge in [-0.05, 0) is 25.7 Å². The molecular weight excluding hydrogens is 387 g/mol. The summed E-state index contributed by atoms with van der Waals surface area (Å²) in [4.78, 5) is 0. The molecule has 0 atom stereocenters. The Morgan fingerprint density at radius 3 is 0.583 bits per heavy atom. The third-order valence-electron chi connectivity index (χ3n) is 0.894. The summed E-state index contributed by atoms with van der Waals surface area (Å²) in [5.74, 6) is 0. The zero-order valence-corrected chi connectivity index (χ0v) is 19.6. The van der Waals surface area contributed by atoms with Crippen LogP contribution in [0.1, 0.15) is 80.1 Å². The second kappa shape index (κ2) is 108. The van der Waals surface area contributed by atoms with E-state index in [1.807, 2.05) is 41.5 Å². The first-order valence-corrected chi connectivity index (χ1v) is 9.72. The second-order valence-electron chi connectivity index (χ2n) is 3.89. The van der Waals surface area contributed by atoms with Gasteiger partial charge in [-0.3, -0.25) is 0 Å². The topological polar surface area (TPSA) is 98.0 Å². The fourth-order valence-corrected chi connectivity index (χ4v) is 0. The monoisotopic (exact) mass is 432 g/mol. The van der Waals surface area contributed by atoms with Crippen molar-refractivity contribution in [3.63, 3.8) is 0 Å². The maximum atomic E-state index is 8.34. The van der Waals surface area contributed by atoms with Crippen molar-refractivity contribution < 1.29 is 48.0 Å². The second-order valence-corrected chi connectivity index (χ2v) is 3.89. The summed E-state index contributed by atoms with van der Waals surface area (Å²) in [6.45, 7) is 20.0. The zero-order valence-electron chi connectivity index (χ0n) is 17.2. The quantitative estimate of drug-likeness (QED) is 0.504. The molecule has 0 aliphatic heterocycles. The molecule has 4 N–H and O–H groups in total. The van der Waals surface area contributed by atoms with Crippen LogP contribution in [0, 0.1) is 13.8 Å². The number of aliphatic hydroxyl groups is 4. The molecule has 24 heavy (non-hydrogen) atoms. The van der Waals surface area contributed by atoms with Crippen molar-refractivity contribution in [2.45, 2.75) is 80.1 Å². The molecule has 0 heterocycles. The molecule has 0 fully saturated rings. The third-order valence-corrected chi connectivity index (χ3v) is 0.894. The Labute approximate surface area is 168 Å². The van der Waals surface area contributed by atoms with Crippen LogP contribution in [0.15, 0.2) is 0 Å². The zero-order chi connectivity index (χ0) is 21.1. The third kappa shape index (κ3) is 510. The van der Waals surface area contributed by atoms with Crippen LogP contribution in [0.4, 0.5) is 0 Å². The normalized spacial score (nSPS) is 6.75. The van der Waals surface area contributed by atoms with Crippen LogP contribution in [0.2, 0.25) is 0 Å². The fourth-order valence-electron chi connectivity index (χ4n) is 0. The molecular formula is C18H46O5Zr. The SMILES string of the molecule is CCCO.CCCO.CCCO.CCCO.[CH2-]CC.[CH2-]CC.[O]=[Zr+2]. The summed E-state index contributed by atoms with van der Waals surface area (Å²) in [6.07, 6.45) is 5.50. The van der Waals surface area contributed by atoms with Gasteiger partial charge in [-0.25, -0.2) is 0 Å². The number of aliphatic hydroxyl groups excluding tert-OH is 4. The number of rotatable bonds is 4. The van der Waals surface area contributed by atoms with E-state index in [1.165, 1.54) is 0 Å². The Morgan fingerprint density at radius 1 is 0.542 bits per heavy atom. The molecule has 0 unspecified atom stereocenters. The van der Waals surface area contributed by atoms with Gasteiger partial charge in [0.05, 0.1) is 0 Å². The first kappa shape index (κ1) is 44.2. The fraction of sp³-hybridized carbons (Fsp3) is 0.889. The molecule has 0 saturated carbocycles. The van der Waals surface area contributed by atoms with Gasteiger partial charge >= 0.3 is 27.5 Å². The van der Waals surface area contributed by atoms with Crippen LogP contribution >= 0.6 is 0 Å². The molecule has 0 amide bonds. The van der Waals surface area contributed by atoms with E-state index in [4.69, 9.17) is 23.2 Å². The predicted molar refractivity (Wildman–Crippen MR) is 101 cm³/mol. The Hall–Kier alpha value is 0.523. The summed E-state index contributed by atoms with van der Waals surface area (Å²) < 4.78 is 8.34. The Morgan fingerprint density at radius 2 is 0.583 bits per heavy atom. The maximum absolute atomic E-state index is 8.34. The summed E-state index contributed by atoms with van der Waals surface area (Å²) in [5, 5.41) is 31.5. The van der Waals surface area contributed by atoms with E-state index in [9.17, 15) is 0 Å². The van der Waals surface area contributed by atoms with Crippen molar-refractivity contribution in [1.82, 2.24) is 0 Å². The molecule has 0 aromatic carbocycles. The average molecular weight is 434 g/mol. The van der Waals surface area contributed by atoms with Gasteiger partial charge in [-0.15, -0.1) is 0 Å². The Balaban J connectivity index is -0.0000000284. The van der Waals surface area contributed by atoms with Crippen LogP contribution in [0.5, 0.6) is 0 Å². The van der Waals surface area contributed by atoms with E-state index in [-0.39, 0.29) is 0 Å². The first-order valence-electron chi connectivity index (χ1n) is 8.71. The van der Waals surface area contributed by atoms with Gasteiger partial charge in [0.1, 0.15) is 0 Å². The molecule has 0 aromatic heterocycles. The Bertz CT molecular complexity index is 73.5. The molecule has 5 nitrogen and oxygen atoms in total. The molecule has 0 bridgehead atoms. The molecule has 152 valence electrons. The van der Waals surface area contributed by atoms with Crippen LogP contribution in [-0.4, -0.2) is 46.9 Å². The van der Waals surface area contributed by atoms with Gasteiger partial charge in [-0.1, -0.05) is 41.5 Å². The van der Waals surface area contributed by atoms with E-state index >= 15 is 0 Å². The first-order chi connectivity index (χ1) is 11.5. The standard InChI is InChI=1S/4C3H8O.2C3H7.O.Zr/c4*1-2-3-4;2*1-3-2;;/h4*4H,2-3H2,1H3;2*1,3H2,2H3;;/q;;;;2*-1;;+2.